The van der Waals surface area contributed by atoms with Gasteiger partial charge in [-0.05, 0) is 65.7 Å². The second-order valence-electron chi connectivity index (χ2n) is 9.32. The lowest BCUT2D eigenvalue weighted by molar-refractivity contribution is 0.0297. The van der Waals surface area contributed by atoms with Crippen LogP contribution in [0.2, 0.25) is 0 Å². The number of hydrogen-bond donors (Lipinski definition) is 1. The summed E-state index contributed by atoms with van der Waals surface area (Å²) in [7, 11) is -2.04. The third kappa shape index (κ3) is 8.12. The molecule has 2 aromatic heterocycles. The minimum Gasteiger partial charge on any atom is -0.494 e. The van der Waals surface area contributed by atoms with E-state index in [-0.39, 0.29) is 15.2 Å². The number of amides is 1. The fourth-order valence-electron chi connectivity index (χ4n) is 3.31. The molecule has 0 radical (unpaired) electrons. The zero-order chi connectivity index (χ0) is 27.2. The van der Waals surface area contributed by atoms with Crippen molar-refractivity contribution in [1.82, 2.24) is 19.9 Å². The van der Waals surface area contributed by atoms with E-state index in [1.807, 2.05) is 27.7 Å². The zero-order valence-electron chi connectivity index (χ0n) is 21.9. The van der Waals surface area contributed by atoms with E-state index in [2.05, 4.69) is 20.3 Å². The summed E-state index contributed by atoms with van der Waals surface area (Å²) in [5, 5.41) is 3.48. The smallest absolute Gasteiger partial charge is 0.410 e. The highest BCUT2D eigenvalue weighted by Gasteiger charge is 2.22. The molecule has 0 aliphatic rings. The Labute approximate surface area is 222 Å². The number of sulfone groups is 1. The van der Waals surface area contributed by atoms with Crippen molar-refractivity contribution in [1.29, 1.82) is 0 Å². The lowest BCUT2D eigenvalue weighted by Crippen LogP contribution is -2.34. The van der Waals surface area contributed by atoms with Gasteiger partial charge >= 0.3 is 6.09 Å². The minimum atomic E-state index is -3.75. The molecule has 1 N–H and O–H groups in total. The standard InChI is InChI=1S/C25H33N5O5S2/c1-7-34-19-11-8-12-20(15-19)37(32,33)22-16-26-23(36-22)29-21-14-18(27-17(2)28-21)10-9-13-30(6)24(31)35-25(3,4)5/h8,11-12,14-16H,7,9-10,13H2,1-6H3,(H,26,27,28,29). The number of carbonyl (C=O) groups is 1. The van der Waals surface area contributed by atoms with Gasteiger partial charge in [0, 0.05) is 25.4 Å². The van der Waals surface area contributed by atoms with Crippen LogP contribution in [0, 0.1) is 6.92 Å². The molecule has 0 aliphatic carbocycles. The van der Waals surface area contributed by atoms with Gasteiger partial charge in [-0.15, -0.1) is 0 Å². The molecule has 2 heterocycles. The van der Waals surface area contributed by atoms with Crippen LogP contribution in [0.3, 0.4) is 0 Å². The Kier molecular flexibility index (Phi) is 9.08. The molecule has 0 unspecified atom stereocenters. The van der Waals surface area contributed by atoms with Crippen molar-refractivity contribution in [2.45, 2.75) is 62.2 Å². The predicted octanol–water partition coefficient (Wildman–Crippen LogP) is 5.02. The van der Waals surface area contributed by atoms with Crippen molar-refractivity contribution >= 4 is 38.2 Å². The van der Waals surface area contributed by atoms with Gasteiger partial charge in [-0.1, -0.05) is 17.4 Å². The summed E-state index contributed by atoms with van der Waals surface area (Å²) >= 11 is 1.02. The van der Waals surface area contributed by atoms with E-state index in [1.165, 1.54) is 18.3 Å². The van der Waals surface area contributed by atoms with Gasteiger partial charge in [-0.25, -0.2) is 28.2 Å². The SMILES string of the molecule is CCOc1cccc(S(=O)(=O)c2cnc(Nc3cc(CCCN(C)C(=O)OC(C)(C)C)nc(C)n3)s2)c1. The third-order valence-electron chi connectivity index (χ3n) is 4.93. The number of anilines is 2. The van der Waals surface area contributed by atoms with Crippen LogP contribution in [0.25, 0.3) is 0 Å². The van der Waals surface area contributed by atoms with Crippen LogP contribution in [-0.2, 0) is 21.0 Å². The molecular formula is C25H33N5O5S2. The van der Waals surface area contributed by atoms with Gasteiger partial charge in [0.2, 0.25) is 9.84 Å². The first-order valence-electron chi connectivity index (χ1n) is 11.9. The minimum absolute atomic E-state index is 0.111. The number of nitrogens with one attached hydrogen (secondary N) is 1. The molecular weight excluding hydrogens is 514 g/mol. The normalized spacial score (nSPS) is 11.7. The number of hydrogen-bond acceptors (Lipinski definition) is 10. The molecule has 10 nitrogen and oxygen atoms in total. The van der Waals surface area contributed by atoms with Gasteiger partial charge in [0.1, 0.15) is 27.2 Å². The Morgan fingerprint density at radius 1 is 1.19 bits per heavy atom. The highest BCUT2D eigenvalue weighted by atomic mass is 32.2. The van der Waals surface area contributed by atoms with Gasteiger partial charge in [-0.3, -0.25) is 0 Å². The molecule has 0 spiro atoms. The Balaban J connectivity index is 1.66. The number of ether oxygens (including phenoxy) is 2. The number of aryl methyl sites for hydroxylation is 2. The first kappa shape index (κ1) is 28.3. The maximum Gasteiger partial charge on any atom is 0.410 e. The van der Waals surface area contributed by atoms with E-state index in [0.717, 1.165) is 17.0 Å². The van der Waals surface area contributed by atoms with E-state index in [4.69, 9.17) is 9.47 Å². The van der Waals surface area contributed by atoms with Gasteiger partial charge in [-0.2, -0.15) is 0 Å². The topological polar surface area (TPSA) is 124 Å². The second kappa shape index (κ2) is 11.9. The maximum atomic E-state index is 13.1. The molecule has 0 saturated heterocycles. The molecule has 0 atom stereocenters. The van der Waals surface area contributed by atoms with E-state index in [0.29, 0.717) is 48.5 Å². The molecule has 0 aliphatic heterocycles. The van der Waals surface area contributed by atoms with E-state index in [9.17, 15) is 13.2 Å². The average Bonchev–Trinajstić information content (AvgIpc) is 3.27. The maximum absolute atomic E-state index is 13.1. The number of rotatable bonds is 10. The van der Waals surface area contributed by atoms with Crippen LogP contribution in [-0.4, -0.2) is 60.2 Å². The summed E-state index contributed by atoms with van der Waals surface area (Å²) < 4.78 is 37.1. The van der Waals surface area contributed by atoms with Crippen molar-refractivity contribution < 1.29 is 22.7 Å². The van der Waals surface area contributed by atoms with E-state index in [1.54, 1.807) is 37.1 Å². The number of nitrogens with zero attached hydrogens (tertiary/aromatic N) is 4. The van der Waals surface area contributed by atoms with Crippen LogP contribution in [0.4, 0.5) is 15.7 Å². The van der Waals surface area contributed by atoms with Crippen LogP contribution < -0.4 is 10.1 Å². The summed E-state index contributed by atoms with van der Waals surface area (Å²) in [6.45, 7) is 10.1. The Hall–Kier alpha value is -3.25. The third-order valence-corrected chi connectivity index (χ3v) is 8.06. The Bertz CT molecular complexity index is 1340. The van der Waals surface area contributed by atoms with Crippen molar-refractivity contribution in [2.24, 2.45) is 0 Å². The molecule has 0 bridgehead atoms. The van der Waals surface area contributed by atoms with Crippen LogP contribution >= 0.6 is 11.3 Å². The number of carbonyl (C=O) groups excluding carboxylic acids is 1. The summed E-state index contributed by atoms with van der Waals surface area (Å²) in [5.74, 6) is 1.57. The predicted molar refractivity (Wildman–Crippen MR) is 142 cm³/mol. The van der Waals surface area contributed by atoms with Crippen LogP contribution in [0.5, 0.6) is 5.75 Å². The first-order chi connectivity index (χ1) is 17.4. The lowest BCUT2D eigenvalue weighted by atomic mass is 10.2. The molecule has 37 heavy (non-hydrogen) atoms. The number of benzene rings is 1. The average molecular weight is 548 g/mol. The van der Waals surface area contributed by atoms with E-state index >= 15 is 0 Å². The van der Waals surface area contributed by atoms with Crippen molar-refractivity contribution in [2.75, 3.05) is 25.5 Å². The van der Waals surface area contributed by atoms with Gasteiger partial charge in [0.25, 0.3) is 0 Å². The lowest BCUT2D eigenvalue weighted by Gasteiger charge is -2.24. The van der Waals surface area contributed by atoms with Crippen molar-refractivity contribution in [3.05, 3.63) is 48.0 Å². The molecule has 12 heteroatoms. The first-order valence-corrected chi connectivity index (χ1v) is 14.2. The van der Waals surface area contributed by atoms with Gasteiger partial charge < -0.3 is 19.7 Å². The van der Waals surface area contributed by atoms with Crippen LogP contribution in [0.1, 0.15) is 45.6 Å². The Morgan fingerprint density at radius 3 is 2.65 bits per heavy atom. The number of aromatic nitrogens is 3. The van der Waals surface area contributed by atoms with Gasteiger partial charge in [0.05, 0.1) is 17.7 Å². The molecule has 0 saturated carbocycles. The van der Waals surface area contributed by atoms with E-state index < -0.39 is 15.4 Å². The molecule has 1 aromatic carbocycles. The molecule has 0 fully saturated rings. The molecule has 200 valence electrons. The fourth-order valence-corrected chi connectivity index (χ4v) is 5.79. The summed E-state index contributed by atoms with van der Waals surface area (Å²) in [6.07, 6.45) is 2.27. The summed E-state index contributed by atoms with van der Waals surface area (Å²) in [5.41, 5.74) is 0.253. The quantitative estimate of drug-likeness (QED) is 0.373. The van der Waals surface area contributed by atoms with Crippen molar-refractivity contribution in [3.63, 3.8) is 0 Å². The summed E-state index contributed by atoms with van der Waals surface area (Å²) in [6, 6.07) is 8.19. The highest BCUT2D eigenvalue weighted by Crippen LogP contribution is 2.31. The van der Waals surface area contributed by atoms with Crippen LogP contribution in [0.15, 0.2) is 45.6 Å². The fraction of sp³-hybridized carbons (Fsp3) is 0.440. The highest BCUT2D eigenvalue weighted by molar-refractivity contribution is 7.93. The summed E-state index contributed by atoms with van der Waals surface area (Å²) in [4.78, 5) is 26.9. The Morgan fingerprint density at radius 2 is 1.95 bits per heavy atom. The number of thiazole rings is 1. The zero-order valence-corrected chi connectivity index (χ0v) is 23.6. The molecule has 1 amide bonds. The van der Waals surface area contributed by atoms with Crippen molar-refractivity contribution in [3.8, 4) is 5.75 Å². The second-order valence-corrected chi connectivity index (χ2v) is 12.5. The molecule has 3 rings (SSSR count). The van der Waals surface area contributed by atoms with Gasteiger partial charge in [0.15, 0.2) is 5.13 Å². The molecule has 3 aromatic rings. The monoisotopic (exact) mass is 547 g/mol. The largest absolute Gasteiger partial charge is 0.494 e.